The first-order valence-electron chi connectivity index (χ1n) is 4.92. The number of hydrogen-bond acceptors (Lipinski definition) is 4. The molecule has 1 aromatic rings. The highest BCUT2D eigenvalue weighted by Gasteiger charge is 2.58. The lowest BCUT2D eigenvalue weighted by Gasteiger charge is -2.11. The second-order valence-corrected chi connectivity index (χ2v) is 4.78. The fraction of sp³-hybridized carbons (Fsp3) is 0.273. The van der Waals surface area contributed by atoms with E-state index in [1.165, 1.54) is 12.1 Å². The highest BCUT2D eigenvalue weighted by atomic mass is 35.5. The summed E-state index contributed by atoms with van der Waals surface area (Å²) >= 11 is 11.7. The highest BCUT2D eigenvalue weighted by molar-refractivity contribution is 6.37. The summed E-state index contributed by atoms with van der Waals surface area (Å²) in [6.07, 6.45) is 0.863. The van der Waals surface area contributed by atoms with Gasteiger partial charge in [-0.1, -0.05) is 23.2 Å². The van der Waals surface area contributed by atoms with E-state index in [2.05, 4.69) is 4.84 Å². The predicted molar refractivity (Wildman–Crippen MR) is 62.7 cm³/mol. The molecule has 1 aliphatic carbocycles. The first kappa shape index (κ1) is 12.4. The summed E-state index contributed by atoms with van der Waals surface area (Å²) in [5.41, 5.74) is -0.884. The molecule has 0 radical (unpaired) electrons. The fourth-order valence-electron chi connectivity index (χ4n) is 1.69. The fourth-order valence-corrected chi connectivity index (χ4v) is 2.19. The molecule has 2 rings (SSSR count). The first-order chi connectivity index (χ1) is 8.01. The van der Waals surface area contributed by atoms with Crippen LogP contribution in [0.2, 0.25) is 10.0 Å². The second kappa shape index (κ2) is 4.29. The van der Waals surface area contributed by atoms with Gasteiger partial charge in [0.1, 0.15) is 5.41 Å². The van der Waals surface area contributed by atoms with Gasteiger partial charge in [0, 0.05) is 10.6 Å². The minimum absolute atomic E-state index is 0.221. The van der Waals surface area contributed by atoms with E-state index in [4.69, 9.17) is 29.1 Å². The van der Waals surface area contributed by atoms with Crippen molar-refractivity contribution in [2.24, 2.45) is 11.3 Å². The molecule has 1 saturated carbocycles. The zero-order valence-electron chi connectivity index (χ0n) is 8.70. The Morgan fingerprint density at radius 1 is 1.29 bits per heavy atom. The summed E-state index contributed by atoms with van der Waals surface area (Å²) < 4.78 is 0. The summed E-state index contributed by atoms with van der Waals surface area (Å²) in [6.45, 7) is 0. The van der Waals surface area contributed by atoms with Crippen LogP contribution in [-0.4, -0.2) is 11.8 Å². The molecule has 0 atom stereocenters. The standard InChI is InChI=1S/C11H9Cl2NO3/c12-6-1-2-7(8(13)5-6)9(15)11(3-4-11)10(16)17-14/h1-2,5H,3-4,14H2. The molecule has 0 aromatic heterocycles. The maximum absolute atomic E-state index is 12.2. The Bertz CT molecular complexity index is 497. The molecule has 0 bridgehead atoms. The van der Waals surface area contributed by atoms with Crippen LogP contribution in [0.1, 0.15) is 23.2 Å². The Hall–Kier alpha value is -1.10. The Balaban J connectivity index is 2.35. The van der Waals surface area contributed by atoms with Crippen LogP contribution in [0.4, 0.5) is 0 Å². The van der Waals surface area contributed by atoms with E-state index in [1.807, 2.05) is 0 Å². The van der Waals surface area contributed by atoms with Gasteiger partial charge in [0.05, 0.1) is 5.02 Å². The van der Waals surface area contributed by atoms with Crippen LogP contribution < -0.4 is 5.90 Å². The third-order valence-corrected chi connectivity index (χ3v) is 3.41. The number of nitrogens with two attached hydrogens (primary N) is 1. The van der Waals surface area contributed by atoms with Crippen molar-refractivity contribution in [2.45, 2.75) is 12.8 Å². The molecule has 1 fully saturated rings. The molecule has 4 nitrogen and oxygen atoms in total. The smallest absolute Gasteiger partial charge is 0.338 e. The molecular weight excluding hydrogens is 265 g/mol. The molecule has 0 spiro atoms. The van der Waals surface area contributed by atoms with Gasteiger partial charge < -0.3 is 4.84 Å². The molecule has 0 heterocycles. The summed E-state index contributed by atoms with van der Waals surface area (Å²) in [5, 5.41) is 0.649. The van der Waals surface area contributed by atoms with Crippen LogP contribution >= 0.6 is 23.2 Å². The van der Waals surface area contributed by atoms with Crippen LogP contribution in [0.25, 0.3) is 0 Å². The lowest BCUT2D eigenvalue weighted by molar-refractivity contribution is -0.148. The quantitative estimate of drug-likeness (QED) is 0.522. The van der Waals surface area contributed by atoms with Gasteiger partial charge >= 0.3 is 5.97 Å². The van der Waals surface area contributed by atoms with Crippen molar-refractivity contribution in [3.63, 3.8) is 0 Å². The molecule has 2 N–H and O–H groups in total. The van der Waals surface area contributed by atoms with Crippen molar-refractivity contribution in [1.29, 1.82) is 0 Å². The lowest BCUT2D eigenvalue weighted by atomic mass is 9.95. The number of Topliss-reactive ketones (excluding diaryl/α,β-unsaturated/α-hetero) is 1. The van der Waals surface area contributed by atoms with E-state index in [1.54, 1.807) is 6.07 Å². The number of carbonyl (C=O) groups excluding carboxylic acids is 2. The highest BCUT2D eigenvalue weighted by Crippen LogP contribution is 2.49. The third-order valence-electron chi connectivity index (χ3n) is 2.86. The van der Waals surface area contributed by atoms with Gasteiger partial charge in [0.2, 0.25) is 0 Å². The lowest BCUT2D eigenvalue weighted by Crippen LogP contribution is -2.30. The Morgan fingerprint density at radius 2 is 1.94 bits per heavy atom. The van der Waals surface area contributed by atoms with Crippen LogP contribution in [0, 0.1) is 5.41 Å². The topological polar surface area (TPSA) is 69.4 Å². The molecular formula is C11H9Cl2NO3. The van der Waals surface area contributed by atoms with E-state index in [9.17, 15) is 9.59 Å². The number of halogens is 2. The first-order valence-corrected chi connectivity index (χ1v) is 5.68. The average Bonchev–Trinajstić information content (AvgIpc) is 3.08. The van der Waals surface area contributed by atoms with Crippen molar-refractivity contribution in [2.75, 3.05) is 0 Å². The predicted octanol–water partition coefficient (Wildman–Crippen LogP) is 2.37. The molecule has 6 heteroatoms. The number of carbonyl (C=O) groups is 2. The van der Waals surface area contributed by atoms with Crippen molar-refractivity contribution in [3.8, 4) is 0 Å². The number of hydrogen-bond donors (Lipinski definition) is 1. The Kier molecular flexibility index (Phi) is 3.12. The minimum Gasteiger partial charge on any atom is -0.373 e. The van der Waals surface area contributed by atoms with E-state index < -0.39 is 11.4 Å². The zero-order valence-corrected chi connectivity index (χ0v) is 10.2. The molecule has 90 valence electrons. The SMILES string of the molecule is NOC(=O)C1(C(=O)c2ccc(Cl)cc2Cl)CC1. The van der Waals surface area contributed by atoms with Crippen LogP contribution in [-0.2, 0) is 9.63 Å². The minimum atomic E-state index is -1.15. The molecule has 0 aliphatic heterocycles. The second-order valence-electron chi connectivity index (χ2n) is 3.94. The number of benzene rings is 1. The Labute approximate surface area is 108 Å². The largest absolute Gasteiger partial charge is 0.373 e. The zero-order chi connectivity index (χ0) is 12.6. The summed E-state index contributed by atoms with van der Waals surface area (Å²) in [4.78, 5) is 27.8. The van der Waals surface area contributed by atoms with Gasteiger partial charge in [-0.2, -0.15) is 5.90 Å². The molecule has 1 aliphatic rings. The van der Waals surface area contributed by atoms with Crippen molar-refractivity contribution >= 4 is 35.0 Å². The maximum atomic E-state index is 12.2. The molecule has 17 heavy (non-hydrogen) atoms. The summed E-state index contributed by atoms with van der Waals surface area (Å²) in [7, 11) is 0. The maximum Gasteiger partial charge on any atom is 0.338 e. The van der Waals surface area contributed by atoms with Gasteiger partial charge in [0.15, 0.2) is 5.78 Å². The van der Waals surface area contributed by atoms with Crippen molar-refractivity contribution in [1.82, 2.24) is 0 Å². The number of rotatable bonds is 3. The Morgan fingerprint density at radius 3 is 2.41 bits per heavy atom. The summed E-state index contributed by atoms with van der Waals surface area (Å²) in [6, 6.07) is 4.50. The monoisotopic (exact) mass is 273 g/mol. The van der Waals surface area contributed by atoms with Crippen molar-refractivity contribution in [3.05, 3.63) is 33.8 Å². The van der Waals surface area contributed by atoms with Crippen LogP contribution in [0.15, 0.2) is 18.2 Å². The van der Waals surface area contributed by atoms with Gasteiger partial charge in [-0.15, -0.1) is 0 Å². The molecule has 0 amide bonds. The molecule has 0 saturated heterocycles. The van der Waals surface area contributed by atoms with Gasteiger partial charge in [-0.3, -0.25) is 4.79 Å². The average molecular weight is 274 g/mol. The summed E-state index contributed by atoms with van der Waals surface area (Å²) in [5.74, 6) is 3.74. The number of ketones is 1. The van der Waals surface area contributed by atoms with Gasteiger partial charge in [-0.05, 0) is 31.0 Å². The van der Waals surface area contributed by atoms with Gasteiger partial charge in [-0.25, -0.2) is 4.79 Å². The molecule has 0 unspecified atom stereocenters. The molecule has 1 aromatic carbocycles. The van der Waals surface area contributed by atoms with Crippen molar-refractivity contribution < 1.29 is 14.4 Å². The van der Waals surface area contributed by atoms with E-state index in [-0.39, 0.29) is 16.4 Å². The van der Waals surface area contributed by atoms with Crippen LogP contribution in [0.5, 0.6) is 0 Å². The van der Waals surface area contributed by atoms with Gasteiger partial charge in [0.25, 0.3) is 0 Å². The third kappa shape index (κ3) is 2.04. The van der Waals surface area contributed by atoms with Crippen LogP contribution in [0.3, 0.4) is 0 Å². The normalized spacial score (nSPS) is 16.4. The van der Waals surface area contributed by atoms with E-state index in [0.29, 0.717) is 17.9 Å². The van der Waals surface area contributed by atoms with E-state index >= 15 is 0 Å². The van der Waals surface area contributed by atoms with E-state index in [0.717, 1.165) is 0 Å².